The summed E-state index contributed by atoms with van der Waals surface area (Å²) in [5, 5.41) is 3.47. The molecule has 1 aliphatic heterocycles. The van der Waals surface area contributed by atoms with Gasteiger partial charge in [-0.15, -0.1) is 0 Å². The number of ether oxygens (including phenoxy) is 3. The first-order valence-electron chi connectivity index (χ1n) is 8.79. The first kappa shape index (κ1) is 16.6. The van der Waals surface area contributed by atoms with Crippen LogP contribution >= 0.6 is 0 Å². The summed E-state index contributed by atoms with van der Waals surface area (Å²) in [7, 11) is 0. The molecule has 0 bridgehead atoms. The number of rotatable bonds is 5. The Morgan fingerprint density at radius 1 is 0.769 bits per heavy atom. The number of hydrogen-bond donors (Lipinski definition) is 1. The normalized spacial score (nSPS) is 16.8. The van der Waals surface area contributed by atoms with Gasteiger partial charge in [-0.1, -0.05) is 42.5 Å². The minimum absolute atomic E-state index is 0.160. The number of hydrogen-bond acceptors (Lipinski definition) is 4. The predicted molar refractivity (Wildman–Crippen MR) is 101 cm³/mol. The Kier molecular flexibility index (Phi) is 5.14. The SMILES string of the molecule is c1ccc(Oc2ccc([C@H]3COCCN3)cc2Oc2ccccc2)cc1. The van der Waals surface area contributed by atoms with Crippen LogP contribution in [0.25, 0.3) is 0 Å². The fourth-order valence-corrected chi connectivity index (χ4v) is 2.92. The van der Waals surface area contributed by atoms with Gasteiger partial charge < -0.3 is 19.5 Å². The molecule has 0 saturated carbocycles. The van der Waals surface area contributed by atoms with Gasteiger partial charge in [-0.05, 0) is 42.0 Å². The molecule has 1 atom stereocenters. The van der Waals surface area contributed by atoms with Gasteiger partial charge in [-0.25, -0.2) is 0 Å². The Balaban J connectivity index is 1.65. The maximum Gasteiger partial charge on any atom is 0.170 e. The minimum atomic E-state index is 0.160. The summed E-state index contributed by atoms with van der Waals surface area (Å²) in [6, 6.07) is 25.6. The van der Waals surface area contributed by atoms with Crippen LogP contribution in [0.1, 0.15) is 11.6 Å². The zero-order valence-corrected chi connectivity index (χ0v) is 14.4. The molecule has 0 aromatic heterocycles. The van der Waals surface area contributed by atoms with Crippen molar-refractivity contribution in [2.24, 2.45) is 0 Å². The topological polar surface area (TPSA) is 39.7 Å². The predicted octanol–water partition coefficient (Wildman–Crippen LogP) is 4.93. The Labute approximate surface area is 153 Å². The van der Waals surface area contributed by atoms with Crippen LogP contribution in [0.5, 0.6) is 23.0 Å². The van der Waals surface area contributed by atoms with Crippen LogP contribution in [0, 0.1) is 0 Å². The summed E-state index contributed by atoms with van der Waals surface area (Å²) in [6.07, 6.45) is 0. The zero-order valence-electron chi connectivity index (χ0n) is 14.4. The Morgan fingerprint density at radius 3 is 2.04 bits per heavy atom. The average Bonchev–Trinajstić information content (AvgIpc) is 2.71. The lowest BCUT2D eigenvalue weighted by molar-refractivity contribution is 0.0768. The number of nitrogens with one attached hydrogen (secondary N) is 1. The summed E-state index contributed by atoms with van der Waals surface area (Å²) >= 11 is 0. The highest BCUT2D eigenvalue weighted by Crippen LogP contribution is 2.37. The van der Waals surface area contributed by atoms with Crippen molar-refractivity contribution in [3.8, 4) is 23.0 Å². The highest BCUT2D eigenvalue weighted by atomic mass is 16.5. The van der Waals surface area contributed by atoms with Gasteiger partial charge in [0, 0.05) is 6.54 Å². The smallest absolute Gasteiger partial charge is 0.170 e. The molecular weight excluding hydrogens is 326 g/mol. The molecule has 0 amide bonds. The fraction of sp³-hybridized carbons (Fsp3) is 0.182. The molecule has 1 aliphatic rings. The number of morpholine rings is 1. The molecule has 3 aromatic carbocycles. The van der Waals surface area contributed by atoms with Gasteiger partial charge in [0.2, 0.25) is 0 Å². The van der Waals surface area contributed by atoms with E-state index in [4.69, 9.17) is 14.2 Å². The molecule has 26 heavy (non-hydrogen) atoms. The van der Waals surface area contributed by atoms with Crippen LogP contribution in [0.4, 0.5) is 0 Å². The second-order valence-corrected chi connectivity index (χ2v) is 6.12. The van der Waals surface area contributed by atoms with E-state index in [0.29, 0.717) is 18.1 Å². The lowest BCUT2D eigenvalue weighted by Gasteiger charge is -2.25. The lowest BCUT2D eigenvalue weighted by atomic mass is 10.1. The molecule has 0 aliphatic carbocycles. The van der Waals surface area contributed by atoms with Crippen LogP contribution in [0.3, 0.4) is 0 Å². The second kappa shape index (κ2) is 8.04. The van der Waals surface area contributed by atoms with Crippen molar-refractivity contribution >= 4 is 0 Å². The number of benzene rings is 3. The molecule has 1 saturated heterocycles. The Morgan fingerprint density at radius 2 is 1.42 bits per heavy atom. The van der Waals surface area contributed by atoms with Crippen LogP contribution in [-0.2, 0) is 4.74 Å². The molecule has 4 nitrogen and oxygen atoms in total. The van der Waals surface area contributed by atoms with Crippen molar-refractivity contribution in [1.82, 2.24) is 5.32 Å². The summed E-state index contributed by atoms with van der Waals surface area (Å²) in [6.45, 7) is 2.25. The van der Waals surface area contributed by atoms with Crippen molar-refractivity contribution in [2.75, 3.05) is 19.8 Å². The third-order valence-corrected chi connectivity index (χ3v) is 4.23. The van der Waals surface area contributed by atoms with Gasteiger partial charge in [0.1, 0.15) is 11.5 Å². The van der Waals surface area contributed by atoms with E-state index < -0.39 is 0 Å². The summed E-state index contributed by atoms with van der Waals surface area (Å²) in [5.74, 6) is 2.91. The molecule has 4 heteroatoms. The van der Waals surface area contributed by atoms with Gasteiger partial charge in [0.05, 0.1) is 19.3 Å². The third kappa shape index (κ3) is 4.04. The quantitative estimate of drug-likeness (QED) is 0.710. The van der Waals surface area contributed by atoms with Gasteiger partial charge in [-0.3, -0.25) is 0 Å². The van der Waals surface area contributed by atoms with Crippen LogP contribution in [0.2, 0.25) is 0 Å². The first-order chi connectivity index (χ1) is 12.9. The van der Waals surface area contributed by atoms with Gasteiger partial charge in [0.15, 0.2) is 11.5 Å². The van der Waals surface area contributed by atoms with E-state index in [1.807, 2.05) is 72.8 Å². The maximum absolute atomic E-state index is 6.12. The molecule has 4 rings (SSSR count). The fourth-order valence-electron chi connectivity index (χ4n) is 2.92. The van der Waals surface area contributed by atoms with Crippen LogP contribution in [-0.4, -0.2) is 19.8 Å². The van der Waals surface area contributed by atoms with E-state index in [0.717, 1.165) is 30.2 Å². The van der Waals surface area contributed by atoms with E-state index >= 15 is 0 Å². The number of para-hydroxylation sites is 2. The molecule has 1 fully saturated rings. The Bertz CT molecular complexity index is 831. The van der Waals surface area contributed by atoms with E-state index in [9.17, 15) is 0 Å². The molecule has 0 spiro atoms. The van der Waals surface area contributed by atoms with Crippen molar-refractivity contribution in [2.45, 2.75) is 6.04 Å². The minimum Gasteiger partial charge on any atom is -0.453 e. The second-order valence-electron chi connectivity index (χ2n) is 6.12. The van der Waals surface area contributed by atoms with E-state index in [-0.39, 0.29) is 6.04 Å². The summed E-state index contributed by atoms with van der Waals surface area (Å²) in [4.78, 5) is 0. The summed E-state index contributed by atoms with van der Waals surface area (Å²) < 4.78 is 17.8. The van der Waals surface area contributed by atoms with Crippen molar-refractivity contribution in [3.05, 3.63) is 84.4 Å². The van der Waals surface area contributed by atoms with E-state index in [2.05, 4.69) is 11.4 Å². The standard InChI is InChI=1S/C22H21NO3/c1-3-7-18(8-4-1)25-21-12-11-17(20-16-24-14-13-23-20)15-22(21)26-19-9-5-2-6-10-19/h1-12,15,20,23H,13-14,16H2/t20-/m1/s1. The van der Waals surface area contributed by atoms with E-state index in [1.54, 1.807) is 0 Å². The highest BCUT2D eigenvalue weighted by Gasteiger charge is 2.18. The largest absolute Gasteiger partial charge is 0.453 e. The summed E-state index contributed by atoms with van der Waals surface area (Å²) in [5.41, 5.74) is 1.12. The Hall–Kier alpha value is -2.82. The molecule has 132 valence electrons. The molecule has 1 N–H and O–H groups in total. The monoisotopic (exact) mass is 347 g/mol. The van der Waals surface area contributed by atoms with Crippen LogP contribution < -0.4 is 14.8 Å². The molecule has 3 aromatic rings. The molecular formula is C22H21NO3. The molecule has 0 radical (unpaired) electrons. The van der Waals surface area contributed by atoms with Gasteiger partial charge >= 0.3 is 0 Å². The van der Waals surface area contributed by atoms with Crippen molar-refractivity contribution in [1.29, 1.82) is 0 Å². The highest BCUT2D eigenvalue weighted by molar-refractivity contribution is 5.48. The maximum atomic E-state index is 6.12. The molecule has 1 heterocycles. The third-order valence-electron chi connectivity index (χ3n) is 4.23. The first-order valence-corrected chi connectivity index (χ1v) is 8.79. The van der Waals surface area contributed by atoms with Crippen molar-refractivity contribution < 1.29 is 14.2 Å². The van der Waals surface area contributed by atoms with E-state index in [1.165, 1.54) is 0 Å². The zero-order chi connectivity index (χ0) is 17.6. The van der Waals surface area contributed by atoms with Gasteiger partial charge in [-0.2, -0.15) is 0 Å². The average molecular weight is 347 g/mol. The van der Waals surface area contributed by atoms with Crippen molar-refractivity contribution in [3.63, 3.8) is 0 Å². The lowest BCUT2D eigenvalue weighted by Crippen LogP contribution is -2.34. The molecule has 0 unspecified atom stereocenters. The van der Waals surface area contributed by atoms with Gasteiger partial charge in [0.25, 0.3) is 0 Å². The van der Waals surface area contributed by atoms with Crippen LogP contribution in [0.15, 0.2) is 78.9 Å².